The maximum absolute atomic E-state index is 5.94. The van der Waals surface area contributed by atoms with Crippen LogP contribution in [0.5, 0.6) is 11.6 Å². The molecule has 0 spiro atoms. The van der Waals surface area contributed by atoms with Gasteiger partial charge in [-0.25, -0.2) is 0 Å². The predicted octanol–water partition coefficient (Wildman–Crippen LogP) is 4.82. The second-order valence-electron chi connectivity index (χ2n) is 5.79. The Bertz CT molecular complexity index is 769. The van der Waals surface area contributed by atoms with Crippen molar-refractivity contribution in [3.05, 3.63) is 52.1 Å². The van der Waals surface area contributed by atoms with Crippen molar-refractivity contribution in [3.8, 4) is 11.6 Å². The minimum atomic E-state index is 0.410. The molecule has 0 aliphatic rings. The first-order chi connectivity index (χ1) is 10.0. The van der Waals surface area contributed by atoms with Gasteiger partial charge in [-0.3, -0.25) is 0 Å². The fraction of sp³-hybridized carbons (Fsp3) is 0.278. The van der Waals surface area contributed by atoms with Crippen molar-refractivity contribution < 1.29 is 4.74 Å². The second kappa shape index (κ2) is 5.67. The first-order valence-electron chi connectivity index (χ1n) is 7.17. The molecule has 3 heteroatoms. The van der Waals surface area contributed by atoms with Gasteiger partial charge in [-0.1, -0.05) is 0 Å². The fourth-order valence-electron chi connectivity index (χ4n) is 2.39. The van der Waals surface area contributed by atoms with Crippen molar-refractivity contribution in [1.29, 1.82) is 0 Å². The number of pyridine rings is 1. The Hall–Kier alpha value is -1.57. The average molecular weight is 344 g/mol. The molecule has 0 fully saturated rings. The minimum absolute atomic E-state index is 0.410. The molecule has 3 rings (SSSR count). The molecule has 0 radical (unpaired) electrons. The van der Waals surface area contributed by atoms with Crippen LogP contribution >= 0.6 is 0 Å². The van der Waals surface area contributed by atoms with Crippen LogP contribution < -0.4 is 4.74 Å². The Labute approximate surface area is 131 Å². The number of benzene rings is 1. The summed E-state index contributed by atoms with van der Waals surface area (Å²) in [6.07, 6.45) is 1.93. The molecule has 21 heavy (non-hydrogen) atoms. The summed E-state index contributed by atoms with van der Waals surface area (Å²) in [6, 6.07) is 10.6. The summed E-state index contributed by atoms with van der Waals surface area (Å²) in [5, 5.41) is 1.26. The number of hydrogen-bond donors (Lipinski definition) is 0. The van der Waals surface area contributed by atoms with Crippen LogP contribution in [0.1, 0.15) is 35.3 Å². The maximum atomic E-state index is 5.94. The van der Waals surface area contributed by atoms with E-state index in [9.17, 15) is 0 Å². The number of fused-ring (bicyclic) bond motifs is 1. The molecule has 0 atom stereocenters. The van der Waals surface area contributed by atoms with Crippen molar-refractivity contribution in [1.82, 2.24) is 4.98 Å². The third-order valence-corrected chi connectivity index (χ3v) is 6.32. The van der Waals surface area contributed by atoms with Gasteiger partial charge in [0.2, 0.25) is 0 Å². The molecule has 0 aliphatic carbocycles. The SMILES string of the molecule is Cc1cc(C)cc(Oc2cc3[se]c(C(C)C)cc3cn2)c1. The molecule has 2 aromatic heterocycles. The summed E-state index contributed by atoms with van der Waals surface area (Å²) in [4.78, 5) is 4.44. The molecule has 0 saturated carbocycles. The van der Waals surface area contributed by atoms with Gasteiger partial charge >= 0.3 is 131 Å². The Morgan fingerprint density at radius 2 is 1.71 bits per heavy atom. The molecule has 0 N–H and O–H groups in total. The molecule has 0 unspecified atom stereocenters. The topological polar surface area (TPSA) is 22.1 Å². The summed E-state index contributed by atoms with van der Waals surface area (Å²) in [5.74, 6) is 2.17. The van der Waals surface area contributed by atoms with Crippen LogP contribution in [0.25, 0.3) is 9.65 Å². The Morgan fingerprint density at radius 3 is 2.38 bits per heavy atom. The standard InChI is InChI=1S/C18H19NOSe/c1-11(2)16-8-14-10-19-18(9-17(14)21-16)20-15-6-12(3)5-13(4)7-15/h5-11H,1-4H3. The molecule has 2 heterocycles. The quantitative estimate of drug-likeness (QED) is 0.635. The molecule has 0 aliphatic heterocycles. The van der Waals surface area contributed by atoms with Crippen LogP contribution in [-0.2, 0) is 0 Å². The van der Waals surface area contributed by atoms with E-state index in [2.05, 4.69) is 50.9 Å². The third-order valence-electron chi connectivity index (χ3n) is 3.38. The van der Waals surface area contributed by atoms with E-state index in [1.54, 1.807) is 0 Å². The third kappa shape index (κ3) is 3.20. The Kier molecular flexibility index (Phi) is 3.88. The summed E-state index contributed by atoms with van der Waals surface area (Å²) >= 11 is 0.410. The van der Waals surface area contributed by atoms with E-state index in [1.807, 2.05) is 18.3 Å². The zero-order valence-electron chi connectivity index (χ0n) is 12.8. The Morgan fingerprint density at radius 1 is 1.00 bits per heavy atom. The van der Waals surface area contributed by atoms with Crippen LogP contribution in [0.3, 0.4) is 0 Å². The summed E-state index contributed by atoms with van der Waals surface area (Å²) in [5.41, 5.74) is 2.42. The van der Waals surface area contributed by atoms with Gasteiger partial charge < -0.3 is 0 Å². The molecule has 1 aromatic carbocycles. The number of aromatic nitrogens is 1. The molecular formula is C18H19NOSe. The van der Waals surface area contributed by atoms with Gasteiger partial charge in [-0.05, 0) is 0 Å². The van der Waals surface area contributed by atoms with Crippen molar-refractivity contribution in [2.24, 2.45) is 0 Å². The molecular weight excluding hydrogens is 325 g/mol. The summed E-state index contributed by atoms with van der Waals surface area (Å²) in [6.45, 7) is 8.66. The van der Waals surface area contributed by atoms with Crippen LogP contribution in [-0.4, -0.2) is 19.5 Å². The van der Waals surface area contributed by atoms with Gasteiger partial charge in [-0.2, -0.15) is 0 Å². The summed E-state index contributed by atoms with van der Waals surface area (Å²) in [7, 11) is 0. The number of hydrogen-bond acceptors (Lipinski definition) is 2. The summed E-state index contributed by atoms with van der Waals surface area (Å²) < 4.78 is 8.84. The van der Waals surface area contributed by atoms with Gasteiger partial charge in [0.25, 0.3) is 0 Å². The van der Waals surface area contributed by atoms with Gasteiger partial charge in [0, 0.05) is 0 Å². The zero-order chi connectivity index (χ0) is 15.0. The van der Waals surface area contributed by atoms with Gasteiger partial charge in [0.15, 0.2) is 0 Å². The van der Waals surface area contributed by atoms with E-state index in [1.165, 1.54) is 25.2 Å². The second-order valence-corrected chi connectivity index (χ2v) is 8.13. The monoisotopic (exact) mass is 345 g/mol. The first-order valence-corrected chi connectivity index (χ1v) is 8.88. The molecule has 2 nitrogen and oxygen atoms in total. The van der Waals surface area contributed by atoms with Gasteiger partial charge in [0.05, 0.1) is 0 Å². The molecule has 0 bridgehead atoms. The van der Waals surface area contributed by atoms with Crippen LogP contribution in [0, 0.1) is 13.8 Å². The van der Waals surface area contributed by atoms with E-state index in [0.29, 0.717) is 26.3 Å². The van der Waals surface area contributed by atoms with Gasteiger partial charge in [-0.15, -0.1) is 0 Å². The van der Waals surface area contributed by atoms with Crippen molar-refractivity contribution in [3.63, 3.8) is 0 Å². The molecule has 3 aromatic rings. The fourth-order valence-corrected chi connectivity index (χ4v) is 4.62. The van der Waals surface area contributed by atoms with E-state index in [4.69, 9.17) is 4.74 Å². The molecule has 0 saturated heterocycles. The normalized spacial score (nSPS) is 11.3. The van der Waals surface area contributed by atoms with Gasteiger partial charge in [0.1, 0.15) is 0 Å². The van der Waals surface area contributed by atoms with Crippen LogP contribution in [0.4, 0.5) is 0 Å². The van der Waals surface area contributed by atoms with Crippen molar-refractivity contribution in [2.45, 2.75) is 33.6 Å². The van der Waals surface area contributed by atoms with E-state index < -0.39 is 0 Å². The number of aryl methyl sites for hydroxylation is 2. The molecule has 108 valence electrons. The van der Waals surface area contributed by atoms with E-state index >= 15 is 0 Å². The van der Waals surface area contributed by atoms with E-state index in [0.717, 1.165) is 5.75 Å². The molecule has 0 amide bonds. The zero-order valence-corrected chi connectivity index (χ0v) is 14.5. The van der Waals surface area contributed by atoms with Crippen molar-refractivity contribution in [2.75, 3.05) is 0 Å². The first kappa shape index (κ1) is 14.4. The average Bonchev–Trinajstić information content (AvgIpc) is 2.80. The van der Waals surface area contributed by atoms with Crippen LogP contribution in [0.2, 0.25) is 0 Å². The number of rotatable bonds is 3. The van der Waals surface area contributed by atoms with Crippen LogP contribution in [0.15, 0.2) is 36.5 Å². The van der Waals surface area contributed by atoms with Crippen molar-refractivity contribution >= 4 is 24.1 Å². The predicted molar refractivity (Wildman–Crippen MR) is 88.8 cm³/mol. The number of nitrogens with zero attached hydrogens (tertiary/aromatic N) is 1. The Balaban J connectivity index is 1.93. The number of ether oxygens (including phenoxy) is 1. The van der Waals surface area contributed by atoms with E-state index in [-0.39, 0.29) is 0 Å².